The molecule has 1 aromatic carbocycles. The fourth-order valence-corrected chi connectivity index (χ4v) is 2.26. The Morgan fingerprint density at radius 3 is 2.65 bits per heavy atom. The second kappa shape index (κ2) is 5.71. The lowest BCUT2D eigenvalue weighted by molar-refractivity contribution is 1.11. The summed E-state index contributed by atoms with van der Waals surface area (Å²) < 4.78 is 0.853. The van der Waals surface area contributed by atoms with Crippen LogP contribution in [-0.4, -0.2) is 4.98 Å². The Labute approximate surface area is 118 Å². The topological polar surface area (TPSA) is 24.9 Å². The van der Waals surface area contributed by atoms with Gasteiger partial charge in [-0.2, -0.15) is 0 Å². The molecular weight excluding hydrogens is 323 g/mol. The van der Waals surface area contributed by atoms with E-state index in [-0.39, 0.29) is 0 Å². The first-order valence-electron chi connectivity index (χ1n) is 4.95. The van der Waals surface area contributed by atoms with Gasteiger partial charge in [0.2, 0.25) is 0 Å². The van der Waals surface area contributed by atoms with E-state index >= 15 is 0 Å². The van der Waals surface area contributed by atoms with Crippen LogP contribution in [0.5, 0.6) is 0 Å². The van der Waals surface area contributed by atoms with Crippen molar-refractivity contribution in [1.29, 1.82) is 0 Å². The minimum absolute atomic E-state index is 0.575. The van der Waals surface area contributed by atoms with Crippen LogP contribution in [0.1, 0.15) is 5.56 Å². The Balaban J connectivity index is 2.10. The molecule has 0 fully saturated rings. The van der Waals surface area contributed by atoms with E-state index in [1.54, 1.807) is 12.3 Å². The largest absolute Gasteiger partial charge is 0.365 e. The maximum Gasteiger partial charge on any atom is 0.145 e. The van der Waals surface area contributed by atoms with Crippen LogP contribution in [0.25, 0.3) is 0 Å². The molecule has 2 rings (SSSR count). The SMILES string of the molecule is Clc1ccccc1CNc1ncc(Br)cc1Cl. The number of nitrogens with zero attached hydrogens (tertiary/aromatic N) is 1. The van der Waals surface area contributed by atoms with Gasteiger partial charge in [-0.1, -0.05) is 41.4 Å². The highest BCUT2D eigenvalue weighted by Gasteiger charge is 2.03. The van der Waals surface area contributed by atoms with Gasteiger partial charge in [-0.05, 0) is 33.6 Å². The van der Waals surface area contributed by atoms with Gasteiger partial charge in [0.25, 0.3) is 0 Å². The third-order valence-corrected chi connectivity index (χ3v) is 3.30. The summed E-state index contributed by atoms with van der Waals surface area (Å²) in [7, 11) is 0. The van der Waals surface area contributed by atoms with Crippen molar-refractivity contribution >= 4 is 44.9 Å². The lowest BCUT2D eigenvalue weighted by Crippen LogP contribution is -2.02. The molecule has 1 aromatic heterocycles. The summed E-state index contributed by atoms with van der Waals surface area (Å²) in [6, 6.07) is 9.46. The number of rotatable bonds is 3. The van der Waals surface area contributed by atoms with E-state index in [1.165, 1.54) is 0 Å². The van der Waals surface area contributed by atoms with Gasteiger partial charge in [0, 0.05) is 22.2 Å². The molecule has 2 nitrogen and oxygen atoms in total. The summed E-state index contributed by atoms with van der Waals surface area (Å²) in [5, 5.41) is 4.45. The van der Waals surface area contributed by atoms with Gasteiger partial charge >= 0.3 is 0 Å². The average Bonchev–Trinajstić information content (AvgIpc) is 2.30. The zero-order valence-electron chi connectivity index (χ0n) is 8.75. The Bertz CT molecular complexity index is 532. The van der Waals surface area contributed by atoms with Crippen LogP contribution < -0.4 is 5.32 Å². The molecule has 0 aliphatic rings. The van der Waals surface area contributed by atoms with Crippen LogP contribution in [-0.2, 0) is 6.54 Å². The van der Waals surface area contributed by atoms with E-state index in [0.717, 1.165) is 15.1 Å². The van der Waals surface area contributed by atoms with Gasteiger partial charge in [0.05, 0.1) is 5.02 Å². The molecule has 0 aliphatic heterocycles. The van der Waals surface area contributed by atoms with Crippen molar-refractivity contribution in [1.82, 2.24) is 4.98 Å². The predicted molar refractivity (Wildman–Crippen MR) is 75.7 cm³/mol. The van der Waals surface area contributed by atoms with Gasteiger partial charge in [0.15, 0.2) is 0 Å². The van der Waals surface area contributed by atoms with E-state index in [0.29, 0.717) is 17.4 Å². The van der Waals surface area contributed by atoms with Crippen molar-refractivity contribution in [3.8, 4) is 0 Å². The van der Waals surface area contributed by atoms with Gasteiger partial charge in [-0.25, -0.2) is 4.98 Å². The quantitative estimate of drug-likeness (QED) is 0.876. The first kappa shape index (κ1) is 12.7. The summed E-state index contributed by atoms with van der Waals surface area (Å²) in [6.07, 6.45) is 1.70. The Kier molecular flexibility index (Phi) is 4.26. The van der Waals surface area contributed by atoms with Crippen LogP contribution in [0, 0.1) is 0 Å². The third kappa shape index (κ3) is 3.35. The van der Waals surface area contributed by atoms with E-state index in [9.17, 15) is 0 Å². The van der Waals surface area contributed by atoms with Crippen molar-refractivity contribution < 1.29 is 0 Å². The van der Waals surface area contributed by atoms with Crippen molar-refractivity contribution in [3.63, 3.8) is 0 Å². The highest BCUT2D eigenvalue weighted by molar-refractivity contribution is 9.10. The molecule has 0 atom stereocenters. The van der Waals surface area contributed by atoms with Gasteiger partial charge in [0.1, 0.15) is 5.82 Å². The highest BCUT2D eigenvalue weighted by Crippen LogP contribution is 2.24. The molecule has 0 radical (unpaired) electrons. The van der Waals surface area contributed by atoms with Crippen molar-refractivity contribution in [3.05, 3.63) is 56.6 Å². The molecule has 0 unspecified atom stereocenters. The zero-order chi connectivity index (χ0) is 12.3. The summed E-state index contributed by atoms with van der Waals surface area (Å²) in [4.78, 5) is 4.19. The predicted octanol–water partition coefficient (Wildman–Crippen LogP) is 4.76. The van der Waals surface area contributed by atoms with Crippen LogP contribution in [0.4, 0.5) is 5.82 Å². The van der Waals surface area contributed by atoms with Crippen LogP contribution in [0.2, 0.25) is 10.0 Å². The van der Waals surface area contributed by atoms with Gasteiger partial charge in [-0.15, -0.1) is 0 Å². The minimum atomic E-state index is 0.575. The highest BCUT2D eigenvalue weighted by atomic mass is 79.9. The smallest absolute Gasteiger partial charge is 0.145 e. The number of hydrogen-bond acceptors (Lipinski definition) is 2. The minimum Gasteiger partial charge on any atom is -0.365 e. The maximum atomic E-state index is 6.05. The van der Waals surface area contributed by atoms with Crippen LogP contribution in [0.3, 0.4) is 0 Å². The Morgan fingerprint density at radius 2 is 1.94 bits per heavy atom. The average molecular weight is 332 g/mol. The molecule has 2 aromatic rings. The number of benzene rings is 1. The molecule has 0 bridgehead atoms. The Hall–Kier alpha value is -0.770. The number of pyridine rings is 1. The summed E-state index contributed by atoms with van der Waals surface area (Å²) in [6.45, 7) is 0.591. The van der Waals surface area contributed by atoms with Crippen LogP contribution >= 0.6 is 39.1 Å². The lowest BCUT2D eigenvalue weighted by atomic mass is 10.2. The van der Waals surface area contributed by atoms with Crippen LogP contribution in [0.15, 0.2) is 41.0 Å². The number of hydrogen-bond donors (Lipinski definition) is 1. The molecule has 5 heteroatoms. The molecule has 0 saturated heterocycles. The summed E-state index contributed by atoms with van der Waals surface area (Å²) in [5.41, 5.74) is 1.01. The lowest BCUT2D eigenvalue weighted by Gasteiger charge is -2.08. The Morgan fingerprint density at radius 1 is 1.18 bits per heavy atom. The van der Waals surface area contributed by atoms with Crippen molar-refractivity contribution in [2.24, 2.45) is 0 Å². The first-order valence-corrected chi connectivity index (χ1v) is 6.50. The van der Waals surface area contributed by atoms with E-state index in [4.69, 9.17) is 23.2 Å². The molecule has 1 heterocycles. The first-order chi connectivity index (χ1) is 8.16. The van der Waals surface area contributed by atoms with Crippen molar-refractivity contribution in [2.45, 2.75) is 6.54 Å². The molecule has 0 aliphatic carbocycles. The van der Waals surface area contributed by atoms with E-state index in [2.05, 4.69) is 26.2 Å². The molecule has 1 N–H and O–H groups in total. The summed E-state index contributed by atoms with van der Waals surface area (Å²) in [5.74, 6) is 0.648. The number of nitrogens with one attached hydrogen (secondary N) is 1. The molecule has 0 amide bonds. The van der Waals surface area contributed by atoms with E-state index < -0.39 is 0 Å². The normalized spacial score (nSPS) is 10.3. The van der Waals surface area contributed by atoms with Gasteiger partial charge < -0.3 is 5.32 Å². The molecular formula is C12H9BrCl2N2. The fraction of sp³-hybridized carbons (Fsp3) is 0.0833. The van der Waals surface area contributed by atoms with Gasteiger partial charge in [-0.3, -0.25) is 0 Å². The summed E-state index contributed by atoms with van der Waals surface area (Å²) >= 11 is 15.4. The zero-order valence-corrected chi connectivity index (χ0v) is 11.9. The maximum absolute atomic E-state index is 6.05. The number of halogens is 3. The van der Waals surface area contributed by atoms with Crippen molar-refractivity contribution in [2.75, 3.05) is 5.32 Å². The van der Waals surface area contributed by atoms with E-state index in [1.807, 2.05) is 24.3 Å². The third-order valence-electron chi connectivity index (χ3n) is 2.21. The molecule has 0 spiro atoms. The second-order valence-electron chi connectivity index (χ2n) is 3.43. The monoisotopic (exact) mass is 330 g/mol. The number of aromatic nitrogens is 1. The molecule has 88 valence electrons. The second-order valence-corrected chi connectivity index (χ2v) is 5.16. The number of anilines is 1. The fourth-order valence-electron chi connectivity index (χ4n) is 1.37. The molecule has 0 saturated carbocycles. The standard InChI is InChI=1S/C12H9BrCl2N2/c13-9-5-11(15)12(17-7-9)16-6-8-3-1-2-4-10(8)14/h1-5,7H,6H2,(H,16,17). The molecule has 17 heavy (non-hydrogen) atoms.